The summed E-state index contributed by atoms with van der Waals surface area (Å²) in [6.45, 7) is 14.3. The molecule has 5 nitrogen and oxygen atoms in total. The Hall–Kier alpha value is -1.92. The first-order valence-corrected chi connectivity index (χ1v) is 9.75. The first-order chi connectivity index (χ1) is 12.5. The van der Waals surface area contributed by atoms with Gasteiger partial charge in [0.2, 0.25) is 0 Å². The van der Waals surface area contributed by atoms with Crippen LogP contribution in [-0.2, 0) is 13.1 Å². The van der Waals surface area contributed by atoms with E-state index in [1.54, 1.807) is 0 Å². The number of nitrogens with one attached hydrogen (secondary N) is 1. The number of hydrogen-bond donors (Lipinski definition) is 1. The molecule has 0 radical (unpaired) electrons. The van der Waals surface area contributed by atoms with Gasteiger partial charge in [0.05, 0.1) is 5.69 Å². The van der Waals surface area contributed by atoms with Gasteiger partial charge < -0.3 is 10.2 Å². The lowest BCUT2D eigenvalue weighted by atomic mass is 10.1. The standard InChI is InChI=1S/C20H29N5S/c1-5-25-14-18(17(4)22-25)13-23-8-10-24(11-9-23)20(26)21-19-7-6-15(2)16(3)12-19/h6-7,12,14H,5,8-11,13H2,1-4H3,(H,21,26). The van der Waals surface area contributed by atoms with Crippen molar-refractivity contribution in [2.45, 2.75) is 40.8 Å². The summed E-state index contributed by atoms with van der Waals surface area (Å²) >= 11 is 5.62. The summed E-state index contributed by atoms with van der Waals surface area (Å²) in [5, 5.41) is 8.76. The average Bonchev–Trinajstić information content (AvgIpc) is 2.98. The highest BCUT2D eigenvalue weighted by molar-refractivity contribution is 7.80. The molecule has 1 aliphatic rings. The van der Waals surface area contributed by atoms with Crippen LogP contribution >= 0.6 is 12.2 Å². The van der Waals surface area contributed by atoms with Gasteiger partial charge in [-0.1, -0.05) is 6.07 Å². The van der Waals surface area contributed by atoms with Crippen LogP contribution in [0.15, 0.2) is 24.4 Å². The Kier molecular flexibility index (Phi) is 5.94. The molecule has 26 heavy (non-hydrogen) atoms. The van der Waals surface area contributed by atoms with Crippen molar-refractivity contribution in [1.82, 2.24) is 19.6 Å². The third-order valence-electron chi connectivity index (χ3n) is 5.18. The highest BCUT2D eigenvalue weighted by atomic mass is 32.1. The molecule has 0 saturated carbocycles. The van der Waals surface area contributed by atoms with E-state index in [0.29, 0.717) is 0 Å². The zero-order valence-corrected chi connectivity index (χ0v) is 17.1. The van der Waals surface area contributed by atoms with Crippen LogP contribution in [0.25, 0.3) is 0 Å². The largest absolute Gasteiger partial charge is 0.346 e. The Balaban J connectivity index is 1.51. The molecule has 1 N–H and O–H groups in total. The molecule has 6 heteroatoms. The second-order valence-corrected chi connectivity index (χ2v) is 7.47. The summed E-state index contributed by atoms with van der Waals surface area (Å²) in [7, 11) is 0. The zero-order chi connectivity index (χ0) is 18.7. The number of thiocarbonyl (C=S) groups is 1. The molecule has 1 aliphatic heterocycles. The Labute approximate surface area is 162 Å². The van der Waals surface area contributed by atoms with E-state index in [2.05, 4.69) is 72.3 Å². The number of aryl methyl sites for hydroxylation is 4. The number of nitrogens with zero attached hydrogens (tertiary/aromatic N) is 4. The minimum atomic E-state index is 0.822. The van der Waals surface area contributed by atoms with Gasteiger partial charge in [-0.25, -0.2) is 0 Å². The maximum Gasteiger partial charge on any atom is 0.173 e. The van der Waals surface area contributed by atoms with Crippen molar-refractivity contribution in [2.75, 3.05) is 31.5 Å². The first-order valence-electron chi connectivity index (χ1n) is 9.34. The second kappa shape index (κ2) is 8.18. The smallest absolute Gasteiger partial charge is 0.173 e. The van der Waals surface area contributed by atoms with Crippen molar-refractivity contribution in [3.05, 3.63) is 46.8 Å². The SMILES string of the molecule is CCn1cc(CN2CCN(C(=S)Nc3ccc(C)c(C)c3)CC2)c(C)n1. The number of rotatable bonds is 4. The Morgan fingerprint density at radius 2 is 1.85 bits per heavy atom. The number of benzene rings is 1. The summed E-state index contributed by atoms with van der Waals surface area (Å²) in [6.07, 6.45) is 2.17. The van der Waals surface area contributed by atoms with E-state index < -0.39 is 0 Å². The molecule has 0 aliphatic carbocycles. The Bertz CT molecular complexity index is 775. The highest BCUT2D eigenvalue weighted by Gasteiger charge is 2.20. The van der Waals surface area contributed by atoms with Crippen LogP contribution in [0.2, 0.25) is 0 Å². The van der Waals surface area contributed by atoms with E-state index in [9.17, 15) is 0 Å². The van der Waals surface area contributed by atoms with Crippen LogP contribution < -0.4 is 5.32 Å². The fraction of sp³-hybridized carbons (Fsp3) is 0.500. The summed E-state index contributed by atoms with van der Waals surface area (Å²) in [5.41, 5.74) is 6.13. The maximum atomic E-state index is 5.62. The van der Waals surface area contributed by atoms with Crippen LogP contribution in [0.5, 0.6) is 0 Å². The summed E-state index contributed by atoms with van der Waals surface area (Å²) in [5.74, 6) is 0. The molecule has 3 rings (SSSR count). The van der Waals surface area contributed by atoms with Gasteiger partial charge in [0.25, 0.3) is 0 Å². The van der Waals surface area contributed by atoms with Crippen molar-refractivity contribution in [3.8, 4) is 0 Å². The van der Waals surface area contributed by atoms with E-state index in [1.165, 1.54) is 16.7 Å². The van der Waals surface area contributed by atoms with Crippen molar-refractivity contribution in [1.29, 1.82) is 0 Å². The van der Waals surface area contributed by atoms with Gasteiger partial charge >= 0.3 is 0 Å². The van der Waals surface area contributed by atoms with Crippen molar-refractivity contribution >= 4 is 23.0 Å². The molecular formula is C20H29N5S. The highest BCUT2D eigenvalue weighted by Crippen LogP contribution is 2.16. The third-order valence-corrected chi connectivity index (χ3v) is 5.54. The summed E-state index contributed by atoms with van der Waals surface area (Å²) < 4.78 is 2.02. The van der Waals surface area contributed by atoms with Crippen LogP contribution in [0.4, 0.5) is 5.69 Å². The average molecular weight is 372 g/mol. The quantitative estimate of drug-likeness (QED) is 0.834. The number of hydrogen-bond acceptors (Lipinski definition) is 3. The molecule has 0 spiro atoms. The van der Waals surface area contributed by atoms with Crippen LogP contribution in [0.1, 0.15) is 29.3 Å². The second-order valence-electron chi connectivity index (χ2n) is 7.09. The molecule has 2 aromatic rings. The van der Waals surface area contributed by atoms with Crippen LogP contribution in [0, 0.1) is 20.8 Å². The van der Waals surface area contributed by atoms with E-state index in [-0.39, 0.29) is 0 Å². The van der Waals surface area contributed by atoms with Gasteiger partial charge in [0.15, 0.2) is 5.11 Å². The van der Waals surface area contributed by atoms with Crippen LogP contribution in [0.3, 0.4) is 0 Å². The predicted molar refractivity (Wildman–Crippen MR) is 112 cm³/mol. The minimum absolute atomic E-state index is 0.822. The molecule has 1 saturated heterocycles. The normalized spacial score (nSPS) is 15.3. The third kappa shape index (κ3) is 4.43. The minimum Gasteiger partial charge on any atom is -0.346 e. The maximum absolute atomic E-state index is 5.62. The van der Waals surface area contributed by atoms with Gasteiger partial charge in [-0.2, -0.15) is 5.10 Å². The molecule has 2 heterocycles. The molecule has 0 amide bonds. The van der Waals surface area contributed by atoms with E-state index in [1.807, 2.05) is 4.68 Å². The van der Waals surface area contributed by atoms with Crippen molar-refractivity contribution in [3.63, 3.8) is 0 Å². The Morgan fingerprint density at radius 1 is 1.12 bits per heavy atom. The molecule has 0 unspecified atom stereocenters. The molecule has 1 aromatic heterocycles. The van der Waals surface area contributed by atoms with E-state index >= 15 is 0 Å². The fourth-order valence-electron chi connectivity index (χ4n) is 3.25. The molecule has 1 aromatic carbocycles. The van der Waals surface area contributed by atoms with Gasteiger partial charge in [-0.05, 0) is 63.2 Å². The van der Waals surface area contributed by atoms with Gasteiger partial charge in [-0.15, -0.1) is 0 Å². The summed E-state index contributed by atoms with van der Waals surface area (Å²) in [4.78, 5) is 4.75. The van der Waals surface area contributed by atoms with Gasteiger partial charge in [0, 0.05) is 56.7 Å². The topological polar surface area (TPSA) is 36.3 Å². The molecular weight excluding hydrogens is 342 g/mol. The zero-order valence-electron chi connectivity index (χ0n) is 16.2. The first kappa shape index (κ1) is 18.9. The monoisotopic (exact) mass is 371 g/mol. The molecule has 0 atom stereocenters. The molecule has 1 fully saturated rings. The number of anilines is 1. The van der Waals surface area contributed by atoms with Gasteiger partial charge in [0.1, 0.15) is 0 Å². The Morgan fingerprint density at radius 3 is 2.46 bits per heavy atom. The fourth-order valence-corrected chi connectivity index (χ4v) is 3.55. The van der Waals surface area contributed by atoms with Crippen molar-refractivity contribution in [2.24, 2.45) is 0 Å². The predicted octanol–water partition coefficient (Wildman–Crippen LogP) is 3.34. The van der Waals surface area contributed by atoms with Crippen molar-refractivity contribution < 1.29 is 0 Å². The molecule has 0 bridgehead atoms. The van der Waals surface area contributed by atoms with Crippen LogP contribution in [-0.4, -0.2) is 50.9 Å². The lowest BCUT2D eigenvalue weighted by Crippen LogP contribution is -2.49. The number of aromatic nitrogens is 2. The molecule has 140 valence electrons. The number of piperazine rings is 1. The lowest BCUT2D eigenvalue weighted by Gasteiger charge is -2.36. The van der Waals surface area contributed by atoms with E-state index in [0.717, 1.165) is 55.8 Å². The van der Waals surface area contributed by atoms with Gasteiger partial charge in [-0.3, -0.25) is 9.58 Å². The summed E-state index contributed by atoms with van der Waals surface area (Å²) in [6, 6.07) is 6.39. The van der Waals surface area contributed by atoms with E-state index in [4.69, 9.17) is 12.2 Å². The lowest BCUT2D eigenvalue weighted by molar-refractivity contribution is 0.176.